The van der Waals surface area contributed by atoms with Crippen LogP contribution in [0.5, 0.6) is 0 Å². The molecular weight excluding hydrogens is 390 g/mol. The van der Waals surface area contributed by atoms with Crippen LogP contribution in [0.4, 0.5) is 0 Å². The van der Waals surface area contributed by atoms with E-state index < -0.39 is 34.4 Å². The molecule has 1 atom stereocenters. The van der Waals surface area contributed by atoms with E-state index in [1.165, 1.54) is 11.0 Å². The fourth-order valence-corrected chi connectivity index (χ4v) is 4.38. The van der Waals surface area contributed by atoms with Crippen molar-refractivity contribution in [2.45, 2.75) is 26.4 Å². The van der Waals surface area contributed by atoms with Crippen LogP contribution in [0.15, 0.2) is 60.0 Å². The zero-order valence-electron chi connectivity index (χ0n) is 16.4. The first-order valence-corrected chi connectivity index (χ1v) is 11.0. The summed E-state index contributed by atoms with van der Waals surface area (Å²) in [5, 5.41) is 1.13. The average molecular weight is 413 g/mol. The second-order valence-corrected chi connectivity index (χ2v) is 9.04. The Balaban J connectivity index is 1.71. The number of nitrogens with zero attached hydrogens (tertiary/aromatic N) is 1. The Hall–Kier alpha value is -2.93. The SMILES string of the molecule is Cc1ccc(C(=O)OCC(=O)N(Cc2ccccc2)[C@@H]2C=CS(=O)(=O)C2)cc1C. The quantitative estimate of drug-likeness (QED) is 0.681. The van der Waals surface area contributed by atoms with Crippen LogP contribution in [0.2, 0.25) is 0 Å². The molecule has 1 aliphatic heterocycles. The van der Waals surface area contributed by atoms with Gasteiger partial charge in [0.05, 0.1) is 17.4 Å². The minimum absolute atomic E-state index is 0.170. The standard InChI is InChI=1S/C22H23NO5S/c1-16-8-9-19(12-17(16)2)22(25)28-14-21(24)23(13-18-6-4-3-5-7-18)20-10-11-29(26,27)15-20/h3-12,20H,13-15H2,1-2H3/t20-/m1/s1. The highest BCUT2D eigenvalue weighted by Gasteiger charge is 2.30. The Bertz CT molecular complexity index is 1040. The largest absolute Gasteiger partial charge is 0.452 e. The van der Waals surface area contributed by atoms with E-state index in [-0.39, 0.29) is 12.3 Å². The third-order valence-electron chi connectivity index (χ3n) is 4.90. The summed E-state index contributed by atoms with van der Waals surface area (Å²) in [6.07, 6.45) is 1.50. The summed E-state index contributed by atoms with van der Waals surface area (Å²) in [6.45, 7) is 3.61. The number of carbonyl (C=O) groups is 2. The highest BCUT2D eigenvalue weighted by Crippen LogP contribution is 2.18. The summed E-state index contributed by atoms with van der Waals surface area (Å²) < 4.78 is 28.9. The number of hydrogen-bond acceptors (Lipinski definition) is 5. The minimum atomic E-state index is -3.33. The van der Waals surface area contributed by atoms with Crippen LogP contribution in [-0.2, 0) is 25.9 Å². The molecule has 7 heteroatoms. The molecular formula is C22H23NO5S. The lowest BCUT2D eigenvalue weighted by Crippen LogP contribution is -2.42. The second-order valence-electron chi connectivity index (χ2n) is 7.11. The molecule has 2 aromatic carbocycles. The highest BCUT2D eigenvalue weighted by atomic mass is 32.2. The maximum absolute atomic E-state index is 12.8. The Labute approximate surface area is 170 Å². The number of sulfone groups is 1. The third kappa shape index (κ3) is 5.32. The fourth-order valence-electron chi connectivity index (χ4n) is 3.09. The van der Waals surface area contributed by atoms with Crippen molar-refractivity contribution in [2.75, 3.05) is 12.4 Å². The monoisotopic (exact) mass is 413 g/mol. The lowest BCUT2D eigenvalue weighted by Gasteiger charge is -2.27. The molecule has 0 saturated heterocycles. The zero-order chi connectivity index (χ0) is 21.0. The Morgan fingerprint density at radius 2 is 1.79 bits per heavy atom. The number of hydrogen-bond donors (Lipinski definition) is 0. The molecule has 0 radical (unpaired) electrons. The molecule has 0 unspecified atom stereocenters. The molecule has 0 fully saturated rings. The van der Waals surface area contributed by atoms with Crippen LogP contribution >= 0.6 is 0 Å². The number of ether oxygens (including phenoxy) is 1. The van der Waals surface area contributed by atoms with Crippen molar-refractivity contribution in [2.24, 2.45) is 0 Å². The van der Waals surface area contributed by atoms with Gasteiger partial charge >= 0.3 is 5.97 Å². The molecule has 1 aliphatic rings. The summed E-state index contributed by atoms with van der Waals surface area (Å²) >= 11 is 0. The lowest BCUT2D eigenvalue weighted by atomic mass is 10.1. The van der Waals surface area contributed by atoms with Gasteiger partial charge in [-0.15, -0.1) is 0 Å². The Kier molecular flexibility index (Phi) is 6.17. The van der Waals surface area contributed by atoms with Crippen LogP contribution in [0.1, 0.15) is 27.0 Å². The first kappa shape index (κ1) is 20.8. The maximum Gasteiger partial charge on any atom is 0.338 e. The van der Waals surface area contributed by atoms with Crippen molar-refractivity contribution < 1.29 is 22.7 Å². The molecule has 1 amide bonds. The summed E-state index contributed by atoms with van der Waals surface area (Å²) in [7, 11) is -3.33. The van der Waals surface area contributed by atoms with Gasteiger partial charge in [-0.3, -0.25) is 4.79 Å². The van der Waals surface area contributed by atoms with E-state index in [2.05, 4.69) is 0 Å². The smallest absolute Gasteiger partial charge is 0.338 e. The van der Waals surface area contributed by atoms with Crippen molar-refractivity contribution in [3.8, 4) is 0 Å². The summed E-state index contributed by atoms with van der Waals surface area (Å²) in [4.78, 5) is 26.6. The van der Waals surface area contributed by atoms with E-state index in [0.717, 1.165) is 22.1 Å². The molecule has 6 nitrogen and oxygen atoms in total. The molecule has 0 aromatic heterocycles. The lowest BCUT2D eigenvalue weighted by molar-refractivity contribution is -0.136. The number of amides is 1. The van der Waals surface area contributed by atoms with E-state index in [9.17, 15) is 18.0 Å². The van der Waals surface area contributed by atoms with E-state index >= 15 is 0 Å². The molecule has 0 spiro atoms. The van der Waals surface area contributed by atoms with Gasteiger partial charge in [0.25, 0.3) is 5.91 Å². The molecule has 29 heavy (non-hydrogen) atoms. The molecule has 2 aromatic rings. The van der Waals surface area contributed by atoms with Crippen LogP contribution in [0, 0.1) is 13.8 Å². The Morgan fingerprint density at radius 1 is 1.07 bits per heavy atom. The van der Waals surface area contributed by atoms with Crippen molar-refractivity contribution in [1.29, 1.82) is 0 Å². The molecule has 0 aliphatic carbocycles. The summed E-state index contributed by atoms with van der Waals surface area (Å²) in [5.41, 5.74) is 3.25. The zero-order valence-corrected chi connectivity index (χ0v) is 17.2. The third-order valence-corrected chi connectivity index (χ3v) is 6.27. The van der Waals surface area contributed by atoms with E-state index in [4.69, 9.17) is 4.74 Å². The van der Waals surface area contributed by atoms with Gasteiger partial charge in [0.2, 0.25) is 0 Å². The van der Waals surface area contributed by atoms with Crippen LogP contribution in [-0.4, -0.2) is 43.6 Å². The van der Waals surface area contributed by atoms with Gasteiger partial charge in [-0.1, -0.05) is 36.4 Å². The van der Waals surface area contributed by atoms with E-state index in [1.54, 1.807) is 12.1 Å². The fraction of sp³-hybridized carbons (Fsp3) is 0.273. The van der Waals surface area contributed by atoms with Gasteiger partial charge in [-0.25, -0.2) is 13.2 Å². The maximum atomic E-state index is 12.8. The van der Waals surface area contributed by atoms with Gasteiger partial charge in [-0.2, -0.15) is 0 Å². The number of esters is 1. The van der Waals surface area contributed by atoms with Crippen LogP contribution in [0.25, 0.3) is 0 Å². The van der Waals surface area contributed by atoms with Crippen molar-refractivity contribution >= 4 is 21.7 Å². The molecule has 0 N–H and O–H groups in total. The second kappa shape index (κ2) is 8.61. The van der Waals surface area contributed by atoms with Crippen LogP contribution in [0.3, 0.4) is 0 Å². The van der Waals surface area contributed by atoms with E-state index in [1.807, 2.05) is 50.2 Å². The Morgan fingerprint density at radius 3 is 2.41 bits per heavy atom. The molecule has 0 saturated carbocycles. The van der Waals surface area contributed by atoms with E-state index in [0.29, 0.717) is 5.56 Å². The van der Waals surface area contributed by atoms with Gasteiger partial charge in [-0.05, 0) is 48.7 Å². The molecule has 152 valence electrons. The molecule has 1 heterocycles. The summed E-state index contributed by atoms with van der Waals surface area (Å²) in [5.74, 6) is -1.20. The normalized spacial score (nSPS) is 17.1. The minimum Gasteiger partial charge on any atom is -0.452 e. The van der Waals surface area contributed by atoms with Gasteiger partial charge in [0.15, 0.2) is 16.4 Å². The topological polar surface area (TPSA) is 80.8 Å². The predicted molar refractivity (Wildman–Crippen MR) is 110 cm³/mol. The number of rotatable bonds is 6. The first-order chi connectivity index (χ1) is 13.7. The molecule has 0 bridgehead atoms. The van der Waals surface area contributed by atoms with Crippen molar-refractivity contribution in [1.82, 2.24) is 4.90 Å². The highest BCUT2D eigenvalue weighted by molar-refractivity contribution is 7.94. The van der Waals surface area contributed by atoms with Gasteiger partial charge in [0.1, 0.15) is 0 Å². The number of benzene rings is 2. The van der Waals surface area contributed by atoms with Crippen molar-refractivity contribution in [3.63, 3.8) is 0 Å². The molecule has 3 rings (SSSR count). The van der Waals surface area contributed by atoms with Gasteiger partial charge < -0.3 is 9.64 Å². The first-order valence-electron chi connectivity index (χ1n) is 9.24. The van der Waals surface area contributed by atoms with Gasteiger partial charge in [0, 0.05) is 12.0 Å². The summed E-state index contributed by atoms with van der Waals surface area (Å²) in [6, 6.07) is 13.9. The van der Waals surface area contributed by atoms with Crippen LogP contribution < -0.4 is 0 Å². The predicted octanol–water partition coefficient (Wildman–Crippen LogP) is 2.80. The average Bonchev–Trinajstić information content (AvgIpc) is 3.06. The number of carbonyl (C=O) groups excluding carboxylic acids is 2. The van der Waals surface area contributed by atoms with Crippen molar-refractivity contribution in [3.05, 3.63) is 82.3 Å². The number of aryl methyl sites for hydroxylation is 2.